The summed E-state index contributed by atoms with van der Waals surface area (Å²) in [5.74, 6) is 1.55. The summed E-state index contributed by atoms with van der Waals surface area (Å²) in [5, 5.41) is 6.89. The number of hydrogen-bond donors (Lipinski definition) is 1. The minimum atomic E-state index is -0.250. The smallest absolute Gasteiger partial charge is 0.290 e. The Morgan fingerprint density at radius 3 is 2.23 bits per heavy atom. The quantitative estimate of drug-likeness (QED) is 0.219. The Bertz CT molecular complexity index is 1480. The van der Waals surface area contributed by atoms with Gasteiger partial charge in [-0.25, -0.2) is 0 Å². The highest BCUT2D eigenvalue weighted by Crippen LogP contribution is 2.43. The van der Waals surface area contributed by atoms with Gasteiger partial charge in [-0.05, 0) is 79.8 Å². The molecule has 0 bridgehead atoms. The molecular formula is C36H47N3O4. The van der Waals surface area contributed by atoms with Crippen molar-refractivity contribution in [1.82, 2.24) is 9.55 Å². The molecule has 4 aromatic rings. The summed E-state index contributed by atoms with van der Waals surface area (Å²) < 4.78 is 13.6. The first kappa shape index (κ1) is 34.7. The molecule has 0 saturated heterocycles. The van der Waals surface area contributed by atoms with Crippen molar-refractivity contribution in [3.8, 4) is 33.9 Å². The van der Waals surface area contributed by atoms with E-state index in [2.05, 4.69) is 90.0 Å². The fourth-order valence-electron chi connectivity index (χ4n) is 5.34. The molecular weight excluding hydrogens is 538 g/mol. The molecule has 7 heteroatoms. The molecule has 1 aliphatic heterocycles. The number of fused-ring (bicyclic) bond motifs is 3. The molecule has 0 aliphatic carbocycles. The number of hydrogen-bond acceptors (Lipinski definition) is 5. The van der Waals surface area contributed by atoms with E-state index in [-0.39, 0.29) is 6.47 Å². The first-order chi connectivity index (χ1) is 21.0. The SMILES string of the molecule is C/C=C\N(Cc1cccnc1)c1cccc(-c2cc3n(c2C)CCc2cc(OC)c(OC)cc2-3)c1C.CC.CC.O=CO. The normalized spacial score (nSPS) is 10.9. The Balaban J connectivity index is 0.000000853. The maximum atomic E-state index is 8.36. The van der Waals surface area contributed by atoms with Gasteiger partial charge in [0.1, 0.15) is 0 Å². The summed E-state index contributed by atoms with van der Waals surface area (Å²) in [6.45, 7) is 16.0. The van der Waals surface area contributed by atoms with Crippen molar-refractivity contribution in [2.45, 2.75) is 68.0 Å². The first-order valence-electron chi connectivity index (χ1n) is 14.9. The molecule has 43 heavy (non-hydrogen) atoms. The molecule has 0 fully saturated rings. The van der Waals surface area contributed by atoms with Crippen molar-refractivity contribution in [1.29, 1.82) is 0 Å². The monoisotopic (exact) mass is 585 g/mol. The topological polar surface area (TPSA) is 76.8 Å². The van der Waals surface area contributed by atoms with E-state index < -0.39 is 0 Å². The van der Waals surface area contributed by atoms with Crippen molar-refractivity contribution < 1.29 is 19.4 Å². The van der Waals surface area contributed by atoms with Crippen LogP contribution < -0.4 is 14.4 Å². The zero-order chi connectivity index (χ0) is 31.9. The molecule has 2 aromatic heterocycles. The van der Waals surface area contributed by atoms with Gasteiger partial charge >= 0.3 is 0 Å². The number of allylic oxidation sites excluding steroid dienone is 1. The number of aryl methyl sites for hydroxylation is 1. The van der Waals surface area contributed by atoms with Crippen LogP contribution in [0, 0.1) is 13.8 Å². The molecule has 0 unspecified atom stereocenters. The van der Waals surface area contributed by atoms with Crippen LogP contribution in [0.4, 0.5) is 5.69 Å². The van der Waals surface area contributed by atoms with E-state index in [9.17, 15) is 0 Å². The predicted octanol–water partition coefficient (Wildman–Crippen LogP) is 8.70. The number of carboxylic acid groups (broad SMARTS) is 1. The first-order valence-corrected chi connectivity index (χ1v) is 14.9. The van der Waals surface area contributed by atoms with Crippen molar-refractivity contribution in [2.24, 2.45) is 0 Å². The molecule has 2 aromatic carbocycles. The summed E-state index contributed by atoms with van der Waals surface area (Å²) in [6, 6.07) is 17.3. The van der Waals surface area contributed by atoms with Gasteiger partial charge < -0.3 is 24.0 Å². The minimum Gasteiger partial charge on any atom is -0.493 e. The second-order valence-electron chi connectivity index (χ2n) is 9.32. The number of anilines is 1. The summed E-state index contributed by atoms with van der Waals surface area (Å²) in [7, 11) is 3.39. The molecule has 1 N–H and O–H groups in total. The number of carbonyl (C=O) groups is 1. The highest BCUT2D eigenvalue weighted by molar-refractivity contribution is 5.82. The second kappa shape index (κ2) is 17.4. The molecule has 0 spiro atoms. The molecule has 230 valence electrons. The third-order valence-corrected chi connectivity index (χ3v) is 7.17. The van der Waals surface area contributed by atoms with E-state index in [0.717, 1.165) is 31.0 Å². The zero-order valence-corrected chi connectivity index (χ0v) is 27.1. The standard InChI is InChI=1S/C31H33N3O2.2C2H6.CH2O2/c1-6-14-33(20-23-9-8-13-32-19-23)28-11-7-10-25(21(28)2)26-17-29-27-18-31(36-5)30(35-4)16-24(27)12-15-34(29)22(26)3;2*1-2;2-1-3/h6-11,13-14,16-19H,12,15,20H2,1-5H3;2*1-2H3;1H,(H,2,3)/b14-6-;;;. The van der Waals surface area contributed by atoms with E-state index in [1.54, 1.807) is 14.2 Å². The number of nitrogens with zero attached hydrogens (tertiary/aromatic N) is 3. The average molecular weight is 586 g/mol. The van der Waals surface area contributed by atoms with Gasteiger partial charge in [0.05, 0.1) is 14.2 Å². The summed E-state index contributed by atoms with van der Waals surface area (Å²) in [4.78, 5) is 15.0. The Labute approximate surface area is 257 Å². The number of benzene rings is 2. The number of pyridine rings is 1. The van der Waals surface area contributed by atoms with Gasteiger partial charge in [0.2, 0.25) is 0 Å². The van der Waals surface area contributed by atoms with Crippen molar-refractivity contribution in [2.75, 3.05) is 19.1 Å². The lowest BCUT2D eigenvalue weighted by atomic mass is 9.96. The lowest BCUT2D eigenvalue weighted by Crippen LogP contribution is -2.16. The molecule has 1 aliphatic rings. The minimum absolute atomic E-state index is 0.250. The largest absolute Gasteiger partial charge is 0.493 e. The third kappa shape index (κ3) is 7.86. The molecule has 0 saturated carbocycles. The summed E-state index contributed by atoms with van der Waals surface area (Å²) >= 11 is 0. The maximum absolute atomic E-state index is 8.36. The number of aromatic nitrogens is 2. The van der Waals surface area contributed by atoms with Gasteiger partial charge in [-0.3, -0.25) is 9.78 Å². The van der Waals surface area contributed by atoms with Gasteiger partial charge in [-0.1, -0.05) is 52.0 Å². The van der Waals surface area contributed by atoms with Crippen molar-refractivity contribution >= 4 is 12.2 Å². The van der Waals surface area contributed by atoms with Gasteiger partial charge in [0.25, 0.3) is 6.47 Å². The van der Waals surface area contributed by atoms with E-state index in [1.807, 2.05) is 46.2 Å². The second-order valence-corrected chi connectivity index (χ2v) is 9.32. The number of methoxy groups -OCH3 is 2. The third-order valence-electron chi connectivity index (χ3n) is 7.17. The highest BCUT2D eigenvalue weighted by Gasteiger charge is 2.24. The Morgan fingerprint density at radius 2 is 1.63 bits per heavy atom. The summed E-state index contributed by atoms with van der Waals surface area (Å²) in [6.07, 6.45) is 8.95. The average Bonchev–Trinajstić information content (AvgIpc) is 3.39. The van der Waals surface area contributed by atoms with E-state index in [4.69, 9.17) is 19.4 Å². The van der Waals surface area contributed by atoms with Gasteiger partial charge in [-0.15, -0.1) is 0 Å². The molecule has 0 amide bonds. The summed E-state index contributed by atoms with van der Waals surface area (Å²) in [5.41, 5.74) is 11.2. The van der Waals surface area contributed by atoms with Crippen LogP contribution in [-0.4, -0.2) is 35.3 Å². The molecule has 0 radical (unpaired) electrons. The van der Waals surface area contributed by atoms with E-state index in [0.29, 0.717) is 0 Å². The van der Waals surface area contributed by atoms with Crippen LogP contribution in [0.2, 0.25) is 0 Å². The van der Waals surface area contributed by atoms with Crippen LogP contribution in [0.15, 0.2) is 73.2 Å². The van der Waals surface area contributed by atoms with Crippen LogP contribution in [0.25, 0.3) is 22.4 Å². The van der Waals surface area contributed by atoms with Crippen molar-refractivity contribution in [3.63, 3.8) is 0 Å². The van der Waals surface area contributed by atoms with Crippen LogP contribution in [0.1, 0.15) is 57.0 Å². The van der Waals surface area contributed by atoms with Crippen LogP contribution in [0.3, 0.4) is 0 Å². The predicted molar refractivity (Wildman–Crippen MR) is 178 cm³/mol. The number of rotatable bonds is 7. The zero-order valence-electron chi connectivity index (χ0n) is 27.1. The molecule has 5 rings (SSSR count). The Hall–Kier alpha value is -4.52. The lowest BCUT2D eigenvalue weighted by Gasteiger charge is -2.24. The Kier molecular flexibility index (Phi) is 14.1. The van der Waals surface area contributed by atoms with E-state index >= 15 is 0 Å². The maximum Gasteiger partial charge on any atom is 0.290 e. The van der Waals surface area contributed by atoms with Crippen molar-refractivity contribution in [3.05, 3.63) is 95.6 Å². The number of ether oxygens (including phenoxy) is 2. The van der Waals surface area contributed by atoms with Gasteiger partial charge in [0, 0.05) is 59.9 Å². The van der Waals surface area contributed by atoms with Crippen LogP contribution in [-0.2, 0) is 24.3 Å². The van der Waals surface area contributed by atoms with Gasteiger partial charge in [0.15, 0.2) is 11.5 Å². The van der Waals surface area contributed by atoms with Crippen LogP contribution in [0.5, 0.6) is 11.5 Å². The molecule has 7 nitrogen and oxygen atoms in total. The van der Waals surface area contributed by atoms with Crippen LogP contribution >= 0.6 is 0 Å². The highest BCUT2D eigenvalue weighted by atomic mass is 16.5. The lowest BCUT2D eigenvalue weighted by molar-refractivity contribution is -0.122. The van der Waals surface area contributed by atoms with E-state index in [1.165, 1.54) is 50.5 Å². The fraction of sp³-hybridized carbons (Fsp3) is 0.333. The van der Waals surface area contributed by atoms with Gasteiger partial charge in [-0.2, -0.15) is 0 Å². The molecule has 3 heterocycles. The molecule has 0 atom stereocenters. The Morgan fingerprint density at radius 1 is 0.953 bits per heavy atom. The fourth-order valence-corrected chi connectivity index (χ4v) is 5.34.